The van der Waals surface area contributed by atoms with Crippen LogP contribution in [0.2, 0.25) is 0 Å². The van der Waals surface area contributed by atoms with Crippen LogP contribution in [0.3, 0.4) is 0 Å². The minimum absolute atomic E-state index is 0.159. The number of hydrogen-bond acceptors (Lipinski definition) is 3. The number of hydrogen-bond donors (Lipinski definition) is 2. The van der Waals surface area contributed by atoms with Gasteiger partial charge in [-0.2, -0.15) is 0 Å². The Morgan fingerprint density at radius 3 is 3.09 bits per heavy atom. The third-order valence-corrected chi connectivity index (χ3v) is 1.90. The molecule has 3 N–H and O–H groups in total. The number of nitrogens with one attached hydrogen (secondary N) is 1. The highest BCUT2D eigenvalue weighted by molar-refractivity contribution is 5.38. The third-order valence-electron chi connectivity index (χ3n) is 1.90. The second kappa shape index (κ2) is 2.53. The van der Waals surface area contributed by atoms with Gasteiger partial charge in [0.15, 0.2) is 0 Å². The van der Waals surface area contributed by atoms with E-state index in [1.807, 2.05) is 24.3 Å². The fourth-order valence-electron chi connectivity index (χ4n) is 1.30. The van der Waals surface area contributed by atoms with Gasteiger partial charge < -0.3 is 4.74 Å². The molecule has 1 unspecified atom stereocenters. The molecule has 1 aliphatic heterocycles. The molecule has 1 aliphatic rings. The molecule has 58 valence electrons. The van der Waals surface area contributed by atoms with Crippen LogP contribution in [0, 0.1) is 0 Å². The number of benzene rings is 1. The quantitative estimate of drug-likeness (QED) is 0.455. The molecule has 2 rings (SSSR count). The number of ether oxygens (including phenoxy) is 1. The number of para-hydroxylation sites is 1. The molecule has 0 aliphatic carbocycles. The summed E-state index contributed by atoms with van der Waals surface area (Å²) in [5.74, 6) is 6.26. The van der Waals surface area contributed by atoms with Crippen LogP contribution in [0.5, 0.6) is 5.75 Å². The highest BCUT2D eigenvalue weighted by atomic mass is 16.5. The molecule has 1 atom stereocenters. The SMILES string of the molecule is NNC1COc2ccccc21. The molecule has 3 heteroatoms. The van der Waals surface area contributed by atoms with Crippen LogP contribution in [0.1, 0.15) is 11.6 Å². The Kier molecular flexibility index (Phi) is 1.52. The van der Waals surface area contributed by atoms with Gasteiger partial charge >= 0.3 is 0 Å². The van der Waals surface area contributed by atoms with E-state index in [-0.39, 0.29) is 6.04 Å². The van der Waals surface area contributed by atoms with E-state index in [2.05, 4.69) is 5.43 Å². The molecule has 0 aromatic heterocycles. The second-order valence-electron chi connectivity index (χ2n) is 2.57. The zero-order valence-electron chi connectivity index (χ0n) is 6.08. The highest BCUT2D eigenvalue weighted by Gasteiger charge is 2.21. The number of rotatable bonds is 1. The minimum Gasteiger partial charge on any atom is -0.491 e. The van der Waals surface area contributed by atoms with Gasteiger partial charge in [-0.25, -0.2) is 5.43 Å². The van der Waals surface area contributed by atoms with E-state index < -0.39 is 0 Å². The first-order valence-electron chi connectivity index (χ1n) is 3.59. The first kappa shape index (κ1) is 6.64. The molecule has 0 saturated heterocycles. The predicted molar refractivity (Wildman–Crippen MR) is 42.0 cm³/mol. The Hall–Kier alpha value is -1.06. The van der Waals surface area contributed by atoms with Crippen molar-refractivity contribution in [3.8, 4) is 5.75 Å². The Morgan fingerprint density at radius 2 is 2.27 bits per heavy atom. The topological polar surface area (TPSA) is 47.3 Å². The zero-order chi connectivity index (χ0) is 7.68. The normalized spacial score (nSPS) is 21.0. The largest absolute Gasteiger partial charge is 0.491 e. The summed E-state index contributed by atoms with van der Waals surface area (Å²) in [7, 11) is 0. The van der Waals surface area contributed by atoms with Crippen molar-refractivity contribution in [2.75, 3.05) is 6.61 Å². The lowest BCUT2D eigenvalue weighted by atomic mass is 10.1. The number of fused-ring (bicyclic) bond motifs is 1. The summed E-state index contributed by atoms with van der Waals surface area (Å²) >= 11 is 0. The summed E-state index contributed by atoms with van der Waals surface area (Å²) in [6.45, 7) is 0.635. The van der Waals surface area contributed by atoms with E-state index in [0.717, 1.165) is 11.3 Å². The first-order chi connectivity index (χ1) is 5.42. The van der Waals surface area contributed by atoms with Gasteiger partial charge in [-0.15, -0.1) is 0 Å². The van der Waals surface area contributed by atoms with Gasteiger partial charge in [0.05, 0.1) is 6.04 Å². The van der Waals surface area contributed by atoms with Gasteiger partial charge in [0.25, 0.3) is 0 Å². The van der Waals surface area contributed by atoms with Crippen LogP contribution >= 0.6 is 0 Å². The highest BCUT2D eigenvalue weighted by Crippen LogP contribution is 2.30. The van der Waals surface area contributed by atoms with Crippen LogP contribution in [0.4, 0.5) is 0 Å². The summed E-state index contributed by atoms with van der Waals surface area (Å²) in [4.78, 5) is 0. The van der Waals surface area contributed by atoms with Crippen molar-refractivity contribution >= 4 is 0 Å². The van der Waals surface area contributed by atoms with Crippen molar-refractivity contribution in [2.24, 2.45) is 5.84 Å². The fraction of sp³-hybridized carbons (Fsp3) is 0.250. The summed E-state index contributed by atoms with van der Waals surface area (Å²) in [6.07, 6.45) is 0. The van der Waals surface area contributed by atoms with Crippen molar-refractivity contribution in [3.05, 3.63) is 29.8 Å². The molecule has 0 bridgehead atoms. The van der Waals surface area contributed by atoms with Gasteiger partial charge in [0.2, 0.25) is 0 Å². The monoisotopic (exact) mass is 150 g/mol. The standard InChI is InChI=1S/C8H10N2O/c9-10-7-5-11-8-4-2-1-3-6(7)8/h1-4,7,10H,5,9H2. The summed E-state index contributed by atoms with van der Waals surface area (Å²) in [6, 6.07) is 8.07. The van der Waals surface area contributed by atoms with Crippen molar-refractivity contribution in [2.45, 2.75) is 6.04 Å². The predicted octanol–water partition coefficient (Wildman–Crippen LogP) is 0.583. The number of hydrazine groups is 1. The van der Waals surface area contributed by atoms with Crippen LogP contribution in [-0.2, 0) is 0 Å². The zero-order valence-corrected chi connectivity index (χ0v) is 6.08. The molecular weight excluding hydrogens is 140 g/mol. The van der Waals surface area contributed by atoms with Gasteiger partial charge in [0, 0.05) is 5.56 Å². The van der Waals surface area contributed by atoms with E-state index in [1.165, 1.54) is 0 Å². The average molecular weight is 150 g/mol. The minimum atomic E-state index is 0.159. The van der Waals surface area contributed by atoms with E-state index in [4.69, 9.17) is 10.6 Å². The maximum absolute atomic E-state index is 5.36. The lowest BCUT2D eigenvalue weighted by Gasteiger charge is -2.04. The Labute approximate surface area is 65.1 Å². The van der Waals surface area contributed by atoms with Crippen molar-refractivity contribution in [1.82, 2.24) is 5.43 Å². The average Bonchev–Trinajstić information content (AvgIpc) is 2.47. The smallest absolute Gasteiger partial charge is 0.124 e. The van der Waals surface area contributed by atoms with Crippen molar-refractivity contribution in [3.63, 3.8) is 0 Å². The van der Waals surface area contributed by atoms with E-state index in [0.29, 0.717) is 6.61 Å². The summed E-state index contributed by atoms with van der Waals surface area (Å²) < 4.78 is 5.36. The molecule has 1 aromatic carbocycles. The van der Waals surface area contributed by atoms with Crippen LogP contribution < -0.4 is 16.0 Å². The van der Waals surface area contributed by atoms with Crippen LogP contribution in [0.15, 0.2) is 24.3 Å². The van der Waals surface area contributed by atoms with E-state index in [9.17, 15) is 0 Å². The third kappa shape index (κ3) is 0.982. The summed E-state index contributed by atoms with van der Waals surface area (Å²) in [5.41, 5.74) is 3.84. The number of nitrogens with two attached hydrogens (primary N) is 1. The lowest BCUT2D eigenvalue weighted by molar-refractivity contribution is 0.313. The maximum atomic E-state index is 5.36. The first-order valence-corrected chi connectivity index (χ1v) is 3.59. The molecule has 0 radical (unpaired) electrons. The Morgan fingerprint density at radius 1 is 1.45 bits per heavy atom. The van der Waals surface area contributed by atoms with Gasteiger partial charge in [0.1, 0.15) is 12.4 Å². The van der Waals surface area contributed by atoms with Crippen molar-refractivity contribution < 1.29 is 4.74 Å². The summed E-state index contributed by atoms with van der Waals surface area (Å²) in [5, 5.41) is 0. The second-order valence-corrected chi connectivity index (χ2v) is 2.57. The molecule has 3 nitrogen and oxygen atoms in total. The molecule has 0 amide bonds. The Balaban J connectivity index is 2.39. The maximum Gasteiger partial charge on any atom is 0.124 e. The van der Waals surface area contributed by atoms with Gasteiger partial charge in [-0.3, -0.25) is 5.84 Å². The van der Waals surface area contributed by atoms with Crippen LogP contribution in [-0.4, -0.2) is 6.61 Å². The molecule has 0 spiro atoms. The van der Waals surface area contributed by atoms with Crippen LogP contribution in [0.25, 0.3) is 0 Å². The lowest BCUT2D eigenvalue weighted by Crippen LogP contribution is -2.28. The molecule has 1 aromatic rings. The van der Waals surface area contributed by atoms with Gasteiger partial charge in [-0.05, 0) is 6.07 Å². The van der Waals surface area contributed by atoms with E-state index >= 15 is 0 Å². The molecule has 11 heavy (non-hydrogen) atoms. The molecule has 1 heterocycles. The fourth-order valence-corrected chi connectivity index (χ4v) is 1.30. The Bertz CT molecular complexity index is 262. The van der Waals surface area contributed by atoms with E-state index in [1.54, 1.807) is 0 Å². The van der Waals surface area contributed by atoms with Crippen molar-refractivity contribution in [1.29, 1.82) is 0 Å². The molecule has 0 fully saturated rings. The van der Waals surface area contributed by atoms with Gasteiger partial charge in [-0.1, -0.05) is 18.2 Å². The molecule has 0 saturated carbocycles. The molecular formula is C8H10N2O.